The van der Waals surface area contributed by atoms with E-state index in [9.17, 15) is 4.79 Å². The van der Waals surface area contributed by atoms with Gasteiger partial charge in [-0.25, -0.2) is 0 Å². The normalized spacial score (nSPS) is 23.7. The summed E-state index contributed by atoms with van der Waals surface area (Å²) in [5.74, 6) is 1.39. The molecule has 1 saturated heterocycles. The first-order chi connectivity index (χ1) is 8.97. The summed E-state index contributed by atoms with van der Waals surface area (Å²) in [6, 6.07) is 0. The molecule has 0 saturated carbocycles. The molecule has 1 amide bonds. The molecular weight excluding hydrogens is 264 g/mol. The minimum Gasteiger partial charge on any atom is -0.344 e. The van der Waals surface area contributed by atoms with E-state index in [4.69, 9.17) is 16.1 Å². The van der Waals surface area contributed by atoms with Gasteiger partial charge in [0.05, 0.1) is 5.69 Å². The summed E-state index contributed by atoms with van der Waals surface area (Å²) in [5.41, 5.74) is 1.63. The first kappa shape index (κ1) is 14.4. The minimum absolute atomic E-state index is 0.204. The number of piperidine rings is 1. The first-order valence-corrected chi connectivity index (χ1v) is 7.23. The summed E-state index contributed by atoms with van der Waals surface area (Å²) in [4.78, 5) is 14.2. The molecule has 1 fully saturated rings. The maximum atomic E-state index is 12.2. The molecule has 5 heteroatoms. The van der Waals surface area contributed by atoms with Gasteiger partial charge >= 0.3 is 0 Å². The zero-order valence-electron chi connectivity index (χ0n) is 11.8. The number of nitrogens with zero attached hydrogens (tertiary/aromatic N) is 2. The van der Waals surface area contributed by atoms with Gasteiger partial charge in [0.25, 0.3) is 0 Å². The molecule has 0 radical (unpaired) electrons. The Morgan fingerprint density at radius 2 is 2.05 bits per heavy atom. The molecule has 1 aliphatic rings. The standard InChI is InChI=1S/C14H21ClN2O2/c1-9-6-10(2)8-17(7-9)13(18)5-4-12-11(3)16-19-14(12)15/h9-10H,4-8H2,1-3H3. The van der Waals surface area contributed by atoms with Gasteiger partial charge in [-0.05, 0) is 43.2 Å². The van der Waals surface area contributed by atoms with Gasteiger partial charge in [0, 0.05) is 25.1 Å². The highest BCUT2D eigenvalue weighted by Gasteiger charge is 2.25. The number of aromatic nitrogens is 1. The van der Waals surface area contributed by atoms with E-state index in [0.717, 1.165) is 24.3 Å². The van der Waals surface area contributed by atoms with Crippen molar-refractivity contribution in [1.29, 1.82) is 0 Å². The molecule has 106 valence electrons. The maximum Gasteiger partial charge on any atom is 0.229 e. The number of hydrogen-bond donors (Lipinski definition) is 0. The van der Waals surface area contributed by atoms with Crippen molar-refractivity contribution in [2.75, 3.05) is 13.1 Å². The lowest BCUT2D eigenvalue weighted by molar-refractivity contribution is -0.133. The summed E-state index contributed by atoms with van der Waals surface area (Å²) in [5, 5.41) is 4.11. The van der Waals surface area contributed by atoms with E-state index in [-0.39, 0.29) is 5.91 Å². The number of carbonyl (C=O) groups excluding carboxylic acids is 1. The molecule has 1 aliphatic heterocycles. The Kier molecular flexibility index (Phi) is 4.50. The van der Waals surface area contributed by atoms with Crippen molar-refractivity contribution in [3.8, 4) is 0 Å². The van der Waals surface area contributed by atoms with E-state index < -0.39 is 0 Å². The molecule has 0 bridgehead atoms. The van der Waals surface area contributed by atoms with Crippen LogP contribution in [0.15, 0.2) is 4.52 Å². The lowest BCUT2D eigenvalue weighted by Gasteiger charge is -2.35. The van der Waals surface area contributed by atoms with E-state index >= 15 is 0 Å². The van der Waals surface area contributed by atoms with E-state index in [1.165, 1.54) is 6.42 Å². The fourth-order valence-electron chi connectivity index (χ4n) is 2.90. The predicted octanol–water partition coefficient (Wildman–Crippen LogP) is 3.07. The smallest absolute Gasteiger partial charge is 0.229 e. The van der Waals surface area contributed by atoms with Crippen LogP contribution in [0.2, 0.25) is 5.22 Å². The number of aryl methyl sites for hydroxylation is 1. The summed E-state index contributed by atoms with van der Waals surface area (Å²) < 4.78 is 4.90. The monoisotopic (exact) mass is 284 g/mol. The van der Waals surface area contributed by atoms with Crippen LogP contribution in [0.4, 0.5) is 0 Å². The topological polar surface area (TPSA) is 46.3 Å². The van der Waals surface area contributed by atoms with Gasteiger partial charge < -0.3 is 9.42 Å². The van der Waals surface area contributed by atoms with Gasteiger partial charge in [0.2, 0.25) is 11.1 Å². The van der Waals surface area contributed by atoms with Crippen LogP contribution in [0, 0.1) is 18.8 Å². The van der Waals surface area contributed by atoms with Gasteiger partial charge in [0.1, 0.15) is 0 Å². The van der Waals surface area contributed by atoms with Crippen LogP contribution in [0.25, 0.3) is 0 Å². The number of halogens is 1. The highest BCUT2D eigenvalue weighted by Crippen LogP contribution is 2.24. The maximum absolute atomic E-state index is 12.2. The molecule has 4 nitrogen and oxygen atoms in total. The van der Waals surface area contributed by atoms with Gasteiger partial charge in [-0.3, -0.25) is 4.79 Å². The molecule has 0 N–H and O–H groups in total. The van der Waals surface area contributed by atoms with Crippen LogP contribution in [-0.2, 0) is 11.2 Å². The summed E-state index contributed by atoms with van der Waals surface area (Å²) in [7, 11) is 0. The van der Waals surface area contributed by atoms with Gasteiger partial charge in [-0.1, -0.05) is 19.0 Å². The lowest BCUT2D eigenvalue weighted by atomic mass is 9.91. The number of amides is 1. The quantitative estimate of drug-likeness (QED) is 0.857. The SMILES string of the molecule is Cc1noc(Cl)c1CCC(=O)N1CC(C)CC(C)C1. The van der Waals surface area contributed by atoms with Crippen LogP contribution in [0.5, 0.6) is 0 Å². The highest BCUT2D eigenvalue weighted by molar-refractivity contribution is 6.29. The third-order valence-electron chi connectivity index (χ3n) is 3.75. The van der Waals surface area contributed by atoms with Crippen LogP contribution in [0.1, 0.15) is 37.9 Å². The number of rotatable bonds is 3. The van der Waals surface area contributed by atoms with Crippen molar-refractivity contribution in [2.24, 2.45) is 11.8 Å². The van der Waals surface area contributed by atoms with Gasteiger partial charge in [-0.15, -0.1) is 0 Å². The molecule has 0 aliphatic carbocycles. The molecule has 2 unspecified atom stereocenters. The van der Waals surface area contributed by atoms with Crippen LogP contribution in [0.3, 0.4) is 0 Å². The van der Waals surface area contributed by atoms with Crippen LogP contribution < -0.4 is 0 Å². The second-order valence-corrected chi connectivity index (χ2v) is 6.11. The third kappa shape index (κ3) is 3.50. The molecule has 1 aromatic rings. The zero-order valence-corrected chi connectivity index (χ0v) is 12.5. The van der Waals surface area contributed by atoms with E-state index in [0.29, 0.717) is 29.9 Å². The van der Waals surface area contributed by atoms with Crippen molar-refractivity contribution in [1.82, 2.24) is 10.1 Å². The molecule has 0 spiro atoms. The zero-order chi connectivity index (χ0) is 14.0. The summed E-state index contributed by atoms with van der Waals surface area (Å²) in [6.45, 7) is 8.01. The first-order valence-electron chi connectivity index (χ1n) is 6.85. The average Bonchev–Trinajstić information content (AvgIpc) is 2.65. The molecule has 2 heterocycles. The summed E-state index contributed by atoms with van der Waals surface area (Å²) in [6.07, 6.45) is 2.29. The number of hydrogen-bond acceptors (Lipinski definition) is 3. The van der Waals surface area contributed by atoms with Gasteiger partial charge in [-0.2, -0.15) is 0 Å². The molecule has 2 atom stereocenters. The Labute approximate surface area is 119 Å². The second-order valence-electron chi connectivity index (χ2n) is 5.77. The van der Waals surface area contributed by atoms with Crippen LogP contribution in [-0.4, -0.2) is 29.1 Å². The fourth-order valence-corrected chi connectivity index (χ4v) is 3.16. The molecule has 19 heavy (non-hydrogen) atoms. The van der Waals surface area contributed by atoms with Crippen molar-refractivity contribution >= 4 is 17.5 Å². The van der Waals surface area contributed by atoms with Crippen molar-refractivity contribution < 1.29 is 9.32 Å². The number of carbonyl (C=O) groups is 1. The second kappa shape index (κ2) is 5.95. The Morgan fingerprint density at radius 3 is 2.58 bits per heavy atom. The van der Waals surface area contributed by atoms with Crippen molar-refractivity contribution in [3.63, 3.8) is 0 Å². The molecule has 1 aromatic heterocycles. The van der Waals surface area contributed by atoms with Gasteiger partial charge in [0.15, 0.2) is 0 Å². The lowest BCUT2D eigenvalue weighted by Crippen LogP contribution is -2.42. The predicted molar refractivity (Wildman–Crippen MR) is 74.1 cm³/mol. The molecule has 0 aromatic carbocycles. The Bertz CT molecular complexity index is 429. The Balaban J connectivity index is 1.91. The van der Waals surface area contributed by atoms with E-state index in [1.807, 2.05) is 11.8 Å². The Hall–Kier alpha value is -1.03. The highest BCUT2D eigenvalue weighted by atomic mass is 35.5. The average molecular weight is 285 g/mol. The molecular formula is C14H21ClN2O2. The van der Waals surface area contributed by atoms with Crippen molar-refractivity contribution in [2.45, 2.75) is 40.0 Å². The molecule has 2 rings (SSSR count). The van der Waals surface area contributed by atoms with Crippen molar-refractivity contribution in [3.05, 3.63) is 16.5 Å². The Morgan fingerprint density at radius 1 is 1.42 bits per heavy atom. The van der Waals surface area contributed by atoms with E-state index in [2.05, 4.69) is 19.0 Å². The largest absolute Gasteiger partial charge is 0.344 e. The third-order valence-corrected chi connectivity index (χ3v) is 4.04. The van der Waals surface area contributed by atoms with E-state index in [1.54, 1.807) is 0 Å². The fraction of sp³-hybridized carbons (Fsp3) is 0.714. The summed E-state index contributed by atoms with van der Waals surface area (Å²) >= 11 is 5.91. The minimum atomic E-state index is 0.204. The number of likely N-dealkylation sites (tertiary alicyclic amines) is 1. The van der Waals surface area contributed by atoms with Crippen LogP contribution >= 0.6 is 11.6 Å².